The third-order valence-electron chi connectivity index (χ3n) is 13.3. The minimum Gasteiger partial charge on any atom is -0.198 e. The summed E-state index contributed by atoms with van der Waals surface area (Å²) >= 11 is 0. The van der Waals surface area contributed by atoms with Gasteiger partial charge in [0.1, 0.15) is 0 Å². The summed E-state index contributed by atoms with van der Waals surface area (Å²) in [5.74, 6) is 0.791. The van der Waals surface area contributed by atoms with Crippen molar-refractivity contribution < 1.29 is 18.3 Å². The van der Waals surface area contributed by atoms with Crippen LogP contribution in [0.25, 0.3) is 50.7 Å². The first-order chi connectivity index (χ1) is 27.2. The van der Waals surface area contributed by atoms with Gasteiger partial charge in [0.05, 0.1) is 18.4 Å². The Morgan fingerprint density at radius 1 is 0.455 bits per heavy atom. The average molecular weight is 715 g/mol. The van der Waals surface area contributed by atoms with E-state index in [9.17, 15) is 0 Å². The van der Waals surface area contributed by atoms with E-state index in [0.717, 1.165) is 50.8 Å². The molecule has 3 aromatic carbocycles. The third kappa shape index (κ3) is 5.26. The lowest BCUT2D eigenvalue weighted by Crippen LogP contribution is -2.50. The van der Waals surface area contributed by atoms with Crippen LogP contribution in [0, 0.1) is 0 Å². The van der Waals surface area contributed by atoms with Gasteiger partial charge in [0.15, 0.2) is 49.1 Å². The number of hydrogen-bond donors (Lipinski definition) is 0. The van der Waals surface area contributed by atoms with Crippen LogP contribution in [0.4, 0.5) is 0 Å². The van der Waals surface area contributed by atoms with Crippen molar-refractivity contribution in [3.8, 4) is 45.0 Å². The Morgan fingerprint density at radius 3 is 1.64 bits per heavy atom. The molecule has 0 bridgehead atoms. The van der Waals surface area contributed by atoms with Crippen molar-refractivity contribution in [1.82, 2.24) is 0 Å². The summed E-state index contributed by atoms with van der Waals surface area (Å²) in [5, 5.41) is 0. The predicted octanol–water partition coefficient (Wildman–Crippen LogP) is 9.32. The van der Waals surface area contributed by atoms with E-state index < -0.39 is 0 Å². The minimum absolute atomic E-state index is 0.280. The molecule has 4 atom stereocenters. The van der Waals surface area contributed by atoms with Gasteiger partial charge in [0.25, 0.3) is 0 Å². The monoisotopic (exact) mass is 714 g/mol. The quantitative estimate of drug-likeness (QED) is 0.139. The van der Waals surface area contributed by atoms with Gasteiger partial charge in [-0.2, -0.15) is 18.3 Å². The van der Waals surface area contributed by atoms with Crippen molar-refractivity contribution in [2.24, 2.45) is 0 Å². The van der Waals surface area contributed by atoms with Gasteiger partial charge in [-0.15, -0.1) is 0 Å². The molecule has 0 spiro atoms. The number of pyridine rings is 4. The molecular weight excluding hydrogens is 669 g/mol. The van der Waals surface area contributed by atoms with Crippen molar-refractivity contribution in [3.63, 3.8) is 0 Å². The van der Waals surface area contributed by atoms with Crippen LogP contribution in [-0.4, -0.2) is 0 Å². The van der Waals surface area contributed by atoms with Gasteiger partial charge < -0.3 is 0 Å². The first-order valence-corrected chi connectivity index (χ1v) is 20.2. The van der Waals surface area contributed by atoms with Gasteiger partial charge in [0.2, 0.25) is 22.8 Å². The number of hydrogen-bond acceptors (Lipinski definition) is 0. The molecule has 0 aliphatic carbocycles. The van der Waals surface area contributed by atoms with Crippen LogP contribution in [0.1, 0.15) is 71.9 Å². The van der Waals surface area contributed by atoms with Gasteiger partial charge in [0, 0.05) is 77.1 Å². The lowest BCUT2D eigenvalue weighted by Gasteiger charge is -2.32. The summed E-state index contributed by atoms with van der Waals surface area (Å²) in [6.07, 6.45) is 15.3. The van der Waals surface area contributed by atoms with E-state index in [1.165, 1.54) is 67.3 Å². The highest BCUT2D eigenvalue weighted by molar-refractivity contribution is 5.73. The number of allylic oxidation sites excluding steroid dienone is 1. The van der Waals surface area contributed by atoms with Crippen molar-refractivity contribution in [3.05, 3.63) is 187 Å². The molecular formula is C51H46N4+4. The molecule has 11 rings (SSSR count). The fraction of sp³-hybridized carbons (Fsp3) is 0.216. The second kappa shape index (κ2) is 13.1. The van der Waals surface area contributed by atoms with E-state index in [2.05, 4.69) is 177 Å². The molecule has 0 radical (unpaired) electrons. The minimum atomic E-state index is 0.280. The SMILES string of the molecule is C=C1CC2C(CCc3cc4c(cc3-c3cccc[n+]31)CCC1c3ccccc3-c3cccc[n+]3C1CC[n+]1ccccc1-4)c1ccccc1-c1cccc[n+]12. The van der Waals surface area contributed by atoms with Crippen molar-refractivity contribution in [2.45, 2.75) is 69.0 Å². The maximum absolute atomic E-state index is 4.82. The van der Waals surface area contributed by atoms with E-state index in [-0.39, 0.29) is 6.04 Å². The molecule has 4 unspecified atom stereocenters. The maximum atomic E-state index is 4.82. The zero-order valence-corrected chi connectivity index (χ0v) is 31.3. The highest BCUT2D eigenvalue weighted by atomic mass is 15.1. The van der Waals surface area contributed by atoms with Gasteiger partial charge >= 0.3 is 0 Å². The summed E-state index contributed by atoms with van der Waals surface area (Å²) < 4.78 is 10.0. The third-order valence-corrected chi connectivity index (χ3v) is 13.3. The van der Waals surface area contributed by atoms with E-state index in [4.69, 9.17) is 6.58 Å². The van der Waals surface area contributed by atoms with Crippen molar-refractivity contribution in [2.75, 3.05) is 0 Å². The summed E-state index contributed by atoms with van der Waals surface area (Å²) in [4.78, 5) is 0. The largest absolute Gasteiger partial charge is 0.218 e. The lowest BCUT2D eigenvalue weighted by atomic mass is 9.76. The molecule has 266 valence electrons. The predicted molar refractivity (Wildman–Crippen MR) is 217 cm³/mol. The van der Waals surface area contributed by atoms with Gasteiger partial charge in [-0.25, -0.2) is 0 Å². The zero-order chi connectivity index (χ0) is 36.5. The summed E-state index contributed by atoms with van der Waals surface area (Å²) in [7, 11) is 0. The number of benzene rings is 3. The molecule has 55 heavy (non-hydrogen) atoms. The second-order valence-corrected chi connectivity index (χ2v) is 16.0. The van der Waals surface area contributed by atoms with Crippen LogP contribution in [0.5, 0.6) is 0 Å². The Balaban J connectivity index is 1.08. The molecule has 4 aliphatic rings. The second-order valence-electron chi connectivity index (χ2n) is 16.0. The summed E-state index contributed by atoms with van der Waals surface area (Å²) in [6, 6.07) is 51.0. The lowest BCUT2D eigenvalue weighted by molar-refractivity contribution is -0.738. The van der Waals surface area contributed by atoms with Crippen LogP contribution < -0.4 is 18.3 Å². The average Bonchev–Trinajstić information content (AvgIpc) is 3.24. The molecule has 4 nitrogen and oxygen atoms in total. The van der Waals surface area contributed by atoms with E-state index in [0.29, 0.717) is 17.9 Å². The van der Waals surface area contributed by atoms with Crippen LogP contribution in [0.3, 0.4) is 0 Å². The standard InChI is InChI=1S/C51H46N4/c1-35-32-51-43(39-15-3-5-17-41(39)48-20-9-13-30-55(48)51)25-23-37-33-44-36(34-45(37)49-21-7-11-28-53(35)49)22-24-42-38-14-2-4-16-40(38)47-19-8-12-29-54(47)50(42)26-31-52-27-10-6-18-46(44)52/h2-21,27-30,33-34,42-43,50-51H,1,22-26,31-32H2/q+4. The summed E-state index contributed by atoms with van der Waals surface area (Å²) in [6.45, 7) is 5.78. The Morgan fingerprint density at radius 2 is 0.964 bits per heavy atom. The van der Waals surface area contributed by atoms with E-state index in [1.54, 1.807) is 0 Å². The van der Waals surface area contributed by atoms with Crippen LogP contribution in [0.2, 0.25) is 0 Å². The van der Waals surface area contributed by atoms with Crippen LogP contribution in [-0.2, 0) is 19.4 Å². The molecule has 8 heterocycles. The fourth-order valence-electron chi connectivity index (χ4n) is 10.8. The van der Waals surface area contributed by atoms with Crippen molar-refractivity contribution >= 4 is 5.70 Å². The molecule has 0 saturated carbocycles. The Bertz CT molecular complexity index is 2660. The normalized spacial score (nSPS) is 20.6. The molecule has 0 saturated heterocycles. The summed E-state index contributed by atoms with van der Waals surface area (Å²) in [5.41, 5.74) is 17.6. The van der Waals surface area contributed by atoms with Gasteiger partial charge in [-0.1, -0.05) is 36.4 Å². The van der Waals surface area contributed by atoms with Crippen LogP contribution >= 0.6 is 0 Å². The van der Waals surface area contributed by atoms with Gasteiger partial charge in [-0.3, -0.25) is 0 Å². The van der Waals surface area contributed by atoms with E-state index >= 15 is 0 Å². The Labute approximate surface area is 324 Å². The number of fused-ring (bicyclic) bond motifs is 18. The number of rotatable bonds is 0. The maximum Gasteiger partial charge on any atom is 0.218 e. The molecule has 0 N–H and O–H groups in total. The topological polar surface area (TPSA) is 15.5 Å². The first-order valence-electron chi connectivity index (χ1n) is 20.2. The molecule has 4 aliphatic heterocycles. The Kier molecular flexibility index (Phi) is 7.72. The smallest absolute Gasteiger partial charge is 0.198 e. The highest BCUT2D eigenvalue weighted by Gasteiger charge is 2.43. The number of nitrogens with zero attached hydrogens (tertiary/aromatic N) is 4. The van der Waals surface area contributed by atoms with Gasteiger partial charge in [-0.05, 0) is 103 Å². The molecule has 4 aromatic heterocycles. The fourth-order valence-corrected chi connectivity index (χ4v) is 10.8. The number of aryl methyl sites for hydroxylation is 3. The zero-order valence-electron chi connectivity index (χ0n) is 31.3. The number of aromatic nitrogens is 4. The molecule has 0 fully saturated rings. The van der Waals surface area contributed by atoms with Crippen LogP contribution in [0.15, 0.2) is 165 Å². The first kappa shape index (κ1) is 32.4. The highest BCUT2D eigenvalue weighted by Crippen LogP contribution is 2.46. The van der Waals surface area contributed by atoms with Crippen molar-refractivity contribution in [1.29, 1.82) is 0 Å². The molecule has 0 amide bonds. The van der Waals surface area contributed by atoms with E-state index in [1.807, 2.05) is 0 Å². The Hall–Kier alpha value is -6.00. The molecule has 4 heteroatoms. The molecule has 7 aromatic rings.